The van der Waals surface area contributed by atoms with Crippen LogP contribution in [0.15, 0.2) is 82.1 Å². The lowest BCUT2D eigenvalue weighted by Crippen LogP contribution is -2.18. The molecule has 1 aliphatic heterocycles. The molecule has 0 saturated carbocycles. The van der Waals surface area contributed by atoms with E-state index >= 15 is 0 Å². The molecule has 0 bridgehead atoms. The fraction of sp³-hybridized carbons (Fsp3) is 0.448. The molecule has 2 aliphatic rings. The maximum absolute atomic E-state index is 4.95. The van der Waals surface area contributed by atoms with Crippen LogP contribution in [0.3, 0.4) is 0 Å². The van der Waals surface area contributed by atoms with Crippen LogP contribution >= 0.6 is 12.6 Å². The van der Waals surface area contributed by atoms with Gasteiger partial charge in [0.2, 0.25) is 0 Å². The van der Waals surface area contributed by atoms with E-state index in [2.05, 4.69) is 99.7 Å². The summed E-state index contributed by atoms with van der Waals surface area (Å²) in [5, 5.41) is 3.34. The van der Waals surface area contributed by atoms with Gasteiger partial charge in [-0.15, -0.1) is 12.6 Å². The average molecular weight is 449 g/mol. The summed E-state index contributed by atoms with van der Waals surface area (Å²) in [6.07, 6.45) is 17.0. The predicted octanol–water partition coefficient (Wildman–Crippen LogP) is 8.01. The van der Waals surface area contributed by atoms with Crippen LogP contribution in [-0.4, -0.2) is 19.0 Å². The lowest BCUT2D eigenvalue weighted by molar-refractivity contribution is 0.535. The number of anilines is 1. The maximum atomic E-state index is 4.95. The van der Waals surface area contributed by atoms with Gasteiger partial charge in [0.1, 0.15) is 0 Å². The van der Waals surface area contributed by atoms with Crippen LogP contribution in [-0.2, 0) is 5.41 Å². The minimum atomic E-state index is 0.0678. The highest BCUT2D eigenvalue weighted by molar-refractivity contribution is 7.84. The molecule has 172 valence electrons. The largest absolute Gasteiger partial charge is 0.388 e. The van der Waals surface area contributed by atoms with Gasteiger partial charge in [-0.1, -0.05) is 64.1 Å². The molecule has 3 heteroatoms. The number of nitrogens with zero attached hydrogens (tertiary/aromatic N) is 1. The summed E-state index contributed by atoms with van der Waals surface area (Å²) in [6, 6.07) is 8.61. The second-order valence-corrected chi connectivity index (χ2v) is 10.1. The van der Waals surface area contributed by atoms with Crippen LogP contribution < -0.4 is 5.32 Å². The average Bonchev–Trinajstić information content (AvgIpc) is 3.06. The van der Waals surface area contributed by atoms with Crippen LogP contribution in [0.25, 0.3) is 0 Å². The van der Waals surface area contributed by atoms with Gasteiger partial charge in [-0.25, -0.2) is 0 Å². The van der Waals surface area contributed by atoms with Gasteiger partial charge in [0.15, 0.2) is 0 Å². The fourth-order valence-electron chi connectivity index (χ4n) is 4.91. The van der Waals surface area contributed by atoms with Crippen molar-refractivity contribution in [2.45, 2.75) is 65.2 Å². The Morgan fingerprint density at radius 3 is 2.62 bits per heavy atom. The van der Waals surface area contributed by atoms with Gasteiger partial charge in [-0.05, 0) is 71.9 Å². The summed E-state index contributed by atoms with van der Waals surface area (Å²) >= 11 is 4.95. The number of allylic oxidation sites excluding steroid dienone is 7. The quantitative estimate of drug-likeness (QED) is 0.411. The van der Waals surface area contributed by atoms with E-state index in [9.17, 15) is 0 Å². The molecular weight excluding hydrogens is 408 g/mol. The number of benzene rings is 1. The van der Waals surface area contributed by atoms with Gasteiger partial charge >= 0.3 is 0 Å². The SMILES string of the molecule is CCC1=CN(C)/C(=C/C=C2\CCCC(/C=C/CC(C)(C)c3ccccc3NC)=C2S)C1C. The minimum Gasteiger partial charge on any atom is -0.388 e. The highest BCUT2D eigenvalue weighted by Gasteiger charge is 2.23. The Hall–Kier alpha value is -2.13. The lowest BCUT2D eigenvalue weighted by atomic mass is 9.80. The Balaban J connectivity index is 1.75. The molecule has 1 aromatic rings. The molecule has 3 rings (SSSR count). The highest BCUT2D eigenvalue weighted by Crippen LogP contribution is 2.37. The zero-order valence-electron chi connectivity index (χ0n) is 20.7. The van der Waals surface area contributed by atoms with Crippen LogP contribution in [0, 0.1) is 5.92 Å². The fourth-order valence-corrected chi connectivity index (χ4v) is 5.28. The van der Waals surface area contributed by atoms with Crippen LogP contribution in [0.2, 0.25) is 0 Å². The topological polar surface area (TPSA) is 15.3 Å². The Morgan fingerprint density at radius 1 is 1.19 bits per heavy atom. The van der Waals surface area contributed by atoms with Gasteiger partial charge in [0.05, 0.1) is 0 Å². The standard InChI is InChI=1S/C29H40N2S/c1-7-22-20-31(6)27(21(22)2)18-17-24-13-10-12-23(28(24)32)14-11-19-29(3,4)25-15-8-9-16-26(25)30-5/h8-9,11,14-18,20-21,30,32H,7,10,12-13,19H2,1-6H3/b14-11+,24-17+,27-18+. The number of rotatable bonds is 7. The Kier molecular flexibility index (Phi) is 8.16. The first-order chi connectivity index (χ1) is 15.3. The number of hydrogen-bond donors (Lipinski definition) is 2. The molecular formula is C29H40N2S. The molecule has 2 nitrogen and oxygen atoms in total. The van der Waals surface area contributed by atoms with Crippen molar-refractivity contribution >= 4 is 18.3 Å². The van der Waals surface area contributed by atoms with Crippen LogP contribution in [0.4, 0.5) is 5.69 Å². The summed E-state index contributed by atoms with van der Waals surface area (Å²) in [5.74, 6) is 0.500. The van der Waals surface area contributed by atoms with E-state index < -0.39 is 0 Å². The summed E-state index contributed by atoms with van der Waals surface area (Å²) in [5.41, 5.74) is 8.25. The first kappa shape index (κ1) is 24.5. The third kappa shape index (κ3) is 5.43. The molecule has 0 amide bonds. The monoisotopic (exact) mass is 448 g/mol. The van der Waals surface area contributed by atoms with Crippen molar-refractivity contribution in [2.75, 3.05) is 19.4 Å². The zero-order valence-corrected chi connectivity index (χ0v) is 21.6. The summed E-state index contributed by atoms with van der Waals surface area (Å²) in [6.45, 7) is 9.19. The number of hydrogen-bond acceptors (Lipinski definition) is 3. The van der Waals surface area contributed by atoms with Crippen molar-refractivity contribution in [2.24, 2.45) is 5.92 Å². The molecule has 0 fully saturated rings. The van der Waals surface area contributed by atoms with E-state index in [1.807, 2.05) is 7.05 Å². The second kappa shape index (κ2) is 10.7. The zero-order chi connectivity index (χ0) is 23.3. The van der Waals surface area contributed by atoms with E-state index in [1.165, 1.54) is 40.1 Å². The van der Waals surface area contributed by atoms with E-state index in [0.29, 0.717) is 5.92 Å². The molecule has 32 heavy (non-hydrogen) atoms. The van der Waals surface area contributed by atoms with Crippen molar-refractivity contribution in [3.63, 3.8) is 0 Å². The predicted molar refractivity (Wildman–Crippen MR) is 144 cm³/mol. The Bertz CT molecular complexity index is 975. The van der Waals surface area contributed by atoms with E-state index in [0.717, 1.165) is 30.6 Å². The van der Waals surface area contributed by atoms with Crippen molar-refractivity contribution in [1.29, 1.82) is 0 Å². The van der Waals surface area contributed by atoms with E-state index in [-0.39, 0.29) is 5.41 Å². The summed E-state index contributed by atoms with van der Waals surface area (Å²) < 4.78 is 0. The third-order valence-corrected chi connectivity index (χ3v) is 7.58. The normalized spacial score (nSPS) is 22.4. The van der Waals surface area contributed by atoms with Gasteiger partial charge in [0, 0.05) is 42.5 Å². The van der Waals surface area contributed by atoms with Crippen molar-refractivity contribution in [3.8, 4) is 0 Å². The molecule has 0 saturated heterocycles. The first-order valence-corrected chi connectivity index (χ1v) is 12.4. The van der Waals surface area contributed by atoms with Gasteiger partial charge in [0.25, 0.3) is 0 Å². The van der Waals surface area contributed by atoms with E-state index in [4.69, 9.17) is 12.6 Å². The molecule has 1 unspecified atom stereocenters. The molecule has 1 aliphatic carbocycles. The van der Waals surface area contributed by atoms with Crippen molar-refractivity contribution in [1.82, 2.24) is 4.90 Å². The molecule has 1 heterocycles. The molecule has 0 spiro atoms. The Morgan fingerprint density at radius 2 is 1.94 bits per heavy atom. The lowest BCUT2D eigenvalue weighted by Gasteiger charge is -2.26. The smallest absolute Gasteiger partial charge is 0.0375 e. The van der Waals surface area contributed by atoms with Crippen molar-refractivity contribution < 1.29 is 0 Å². The summed E-state index contributed by atoms with van der Waals surface area (Å²) in [7, 11) is 4.15. The minimum absolute atomic E-state index is 0.0678. The molecule has 0 aromatic heterocycles. The number of thiol groups is 1. The van der Waals surface area contributed by atoms with Crippen LogP contribution in [0.5, 0.6) is 0 Å². The Labute approximate surface area is 201 Å². The second-order valence-electron chi connectivity index (χ2n) is 9.69. The molecule has 1 N–H and O–H groups in total. The van der Waals surface area contributed by atoms with Gasteiger partial charge in [-0.2, -0.15) is 0 Å². The molecule has 1 aromatic carbocycles. The highest BCUT2D eigenvalue weighted by atomic mass is 32.1. The first-order valence-electron chi connectivity index (χ1n) is 12.0. The van der Waals surface area contributed by atoms with Gasteiger partial charge < -0.3 is 10.2 Å². The van der Waals surface area contributed by atoms with E-state index in [1.54, 1.807) is 0 Å². The number of para-hydroxylation sites is 1. The van der Waals surface area contributed by atoms with Gasteiger partial charge in [-0.3, -0.25) is 0 Å². The van der Waals surface area contributed by atoms with Crippen molar-refractivity contribution in [3.05, 3.63) is 87.7 Å². The third-order valence-electron chi connectivity index (χ3n) is 7.00. The van der Waals surface area contributed by atoms with Crippen LogP contribution in [0.1, 0.15) is 65.4 Å². The summed E-state index contributed by atoms with van der Waals surface area (Å²) in [4.78, 5) is 3.44. The number of nitrogens with one attached hydrogen (secondary N) is 1. The maximum Gasteiger partial charge on any atom is 0.0375 e. The molecule has 1 atom stereocenters. The molecule has 0 radical (unpaired) electrons.